The normalized spacial score (nSPS) is 12.4. The number of rotatable bonds is 7. The molecule has 4 nitrogen and oxygen atoms in total. The van der Waals surface area contributed by atoms with Gasteiger partial charge in [0, 0.05) is 23.5 Å². The predicted molar refractivity (Wildman–Crippen MR) is 78.4 cm³/mol. The van der Waals surface area contributed by atoms with Crippen LogP contribution in [0.4, 0.5) is 0 Å². The Morgan fingerprint density at radius 1 is 1.32 bits per heavy atom. The van der Waals surface area contributed by atoms with Gasteiger partial charge in [0.2, 0.25) is 10.0 Å². The third-order valence-electron chi connectivity index (χ3n) is 2.51. The molecule has 0 aliphatic rings. The molecule has 0 heterocycles. The molecule has 0 amide bonds. The lowest BCUT2D eigenvalue weighted by atomic mass is 10.2. The van der Waals surface area contributed by atoms with Gasteiger partial charge in [0.05, 0.1) is 6.61 Å². The second-order valence-corrected chi connectivity index (χ2v) is 6.22. The summed E-state index contributed by atoms with van der Waals surface area (Å²) >= 11 is 5.96. The minimum atomic E-state index is -3.53. The van der Waals surface area contributed by atoms with E-state index in [1.165, 1.54) is 10.4 Å². The van der Waals surface area contributed by atoms with E-state index >= 15 is 0 Å². The van der Waals surface area contributed by atoms with E-state index in [2.05, 4.69) is 0 Å². The van der Waals surface area contributed by atoms with E-state index < -0.39 is 10.0 Å². The maximum absolute atomic E-state index is 12.1. The van der Waals surface area contributed by atoms with Gasteiger partial charge in [0.15, 0.2) is 0 Å². The minimum Gasteiger partial charge on any atom is -0.395 e. The van der Waals surface area contributed by atoms with Gasteiger partial charge in [-0.3, -0.25) is 0 Å². The van der Waals surface area contributed by atoms with Crippen molar-refractivity contribution in [3.8, 4) is 0 Å². The highest BCUT2D eigenvalue weighted by atomic mass is 35.5. The molecule has 1 aromatic carbocycles. The van der Waals surface area contributed by atoms with E-state index in [-0.39, 0.29) is 13.2 Å². The van der Waals surface area contributed by atoms with Crippen molar-refractivity contribution in [1.29, 1.82) is 0 Å². The van der Waals surface area contributed by atoms with Gasteiger partial charge in [-0.05, 0) is 24.1 Å². The number of hydrogen-bond donors (Lipinski definition) is 1. The fraction of sp³-hybridized carbons (Fsp3) is 0.385. The Morgan fingerprint density at radius 2 is 2.00 bits per heavy atom. The van der Waals surface area contributed by atoms with E-state index in [9.17, 15) is 8.42 Å². The first kappa shape index (κ1) is 16.2. The summed E-state index contributed by atoms with van der Waals surface area (Å²) < 4.78 is 25.4. The van der Waals surface area contributed by atoms with Crippen molar-refractivity contribution in [2.75, 3.05) is 19.7 Å². The Kier molecular flexibility index (Phi) is 6.51. The molecule has 0 atom stereocenters. The van der Waals surface area contributed by atoms with Crippen LogP contribution in [-0.2, 0) is 10.0 Å². The summed E-state index contributed by atoms with van der Waals surface area (Å²) in [5.41, 5.74) is 0.646. The standard InChI is InChI=1S/C13H18ClNO3S/c1-2-8-15(9-10-16)19(17,18)11-7-12-5-3-4-6-13(12)14/h3-7,11,16H,2,8-10H2,1H3/b11-7+. The summed E-state index contributed by atoms with van der Waals surface area (Å²) in [4.78, 5) is 0. The fourth-order valence-corrected chi connectivity index (χ4v) is 3.05. The molecular weight excluding hydrogens is 286 g/mol. The summed E-state index contributed by atoms with van der Waals surface area (Å²) in [6, 6.07) is 7.01. The molecule has 1 N–H and O–H groups in total. The van der Waals surface area contributed by atoms with Crippen molar-refractivity contribution in [3.05, 3.63) is 40.3 Å². The van der Waals surface area contributed by atoms with Gasteiger partial charge in [-0.2, -0.15) is 4.31 Å². The molecule has 0 aliphatic carbocycles. The molecule has 106 valence electrons. The molecule has 0 fully saturated rings. The Morgan fingerprint density at radius 3 is 2.58 bits per heavy atom. The molecule has 19 heavy (non-hydrogen) atoms. The van der Waals surface area contributed by atoms with Gasteiger partial charge in [0.1, 0.15) is 0 Å². The number of hydrogen-bond acceptors (Lipinski definition) is 3. The molecule has 0 aromatic heterocycles. The van der Waals surface area contributed by atoms with Crippen LogP contribution in [0.15, 0.2) is 29.7 Å². The Hall–Kier alpha value is -0.880. The molecule has 0 saturated carbocycles. The van der Waals surface area contributed by atoms with Gasteiger partial charge >= 0.3 is 0 Å². The van der Waals surface area contributed by atoms with Crippen molar-refractivity contribution in [2.45, 2.75) is 13.3 Å². The molecule has 0 aliphatic heterocycles. The summed E-state index contributed by atoms with van der Waals surface area (Å²) in [5, 5.41) is 10.5. The van der Waals surface area contributed by atoms with Crippen LogP contribution in [0.2, 0.25) is 5.02 Å². The highest BCUT2D eigenvalue weighted by Crippen LogP contribution is 2.17. The van der Waals surface area contributed by atoms with Gasteiger partial charge in [-0.25, -0.2) is 8.42 Å². The van der Waals surface area contributed by atoms with Crippen molar-refractivity contribution >= 4 is 27.7 Å². The zero-order valence-corrected chi connectivity index (χ0v) is 12.4. The fourth-order valence-electron chi connectivity index (χ4n) is 1.58. The molecule has 1 rings (SSSR count). The first-order chi connectivity index (χ1) is 9.01. The summed E-state index contributed by atoms with van der Waals surface area (Å²) in [6.45, 7) is 2.18. The molecule has 0 radical (unpaired) electrons. The van der Waals surface area contributed by atoms with Gasteiger partial charge in [0.25, 0.3) is 0 Å². The van der Waals surface area contributed by atoms with Gasteiger partial charge in [-0.15, -0.1) is 0 Å². The van der Waals surface area contributed by atoms with Crippen LogP contribution < -0.4 is 0 Å². The zero-order chi connectivity index (χ0) is 14.3. The maximum atomic E-state index is 12.1. The first-order valence-electron chi connectivity index (χ1n) is 6.05. The summed E-state index contributed by atoms with van der Waals surface area (Å²) in [6.07, 6.45) is 2.16. The topological polar surface area (TPSA) is 57.6 Å². The second kappa shape index (κ2) is 7.65. The van der Waals surface area contributed by atoms with Crippen LogP contribution >= 0.6 is 11.6 Å². The number of nitrogens with zero attached hydrogens (tertiary/aromatic N) is 1. The van der Waals surface area contributed by atoms with E-state index in [0.29, 0.717) is 23.6 Å². The third-order valence-corrected chi connectivity index (χ3v) is 4.42. The highest BCUT2D eigenvalue weighted by molar-refractivity contribution is 7.92. The van der Waals surface area contributed by atoms with Crippen molar-refractivity contribution < 1.29 is 13.5 Å². The lowest BCUT2D eigenvalue weighted by Crippen LogP contribution is -2.32. The molecule has 0 bridgehead atoms. The van der Waals surface area contributed by atoms with Crippen LogP contribution in [0.25, 0.3) is 6.08 Å². The summed E-state index contributed by atoms with van der Waals surface area (Å²) in [7, 11) is -3.53. The maximum Gasteiger partial charge on any atom is 0.236 e. The van der Waals surface area contributed by atoms with E-state index in [0.717, 1.165) is 5.41 Å². The van der Waals surface area contributed by atoms with Crippen molar-refractivity contribution in [1.82, 2.24) is 4.31 Å². The smallest absolute Gasteiger partial charge is 0.236 e. The number of sulfonamides is 1. The number of benzene rings is 1. The van der Waals surface area contributed by atoms with Crippen molar-refractivity contribution in [3.63, 3.8) is 0 Å². The summed E-state index contributed by atoms with van der Waals surface area (Å²) in [5.74, 6) is 0. The lowest BCUT2D eigenvalue weighted by molar-refractivity contribution is 0.254. The van der Waals surface area contributed by atoms with E-state index in [1.807, 2.05) is 6.92 Å². The quantitative estimate of drug-likeness (QED) is 0.841. The minimum absolute atomic E-state index is 0.100. The van der Waals surface area contributed by atoms with Crippen LogP contribution in [0.5, 0.6) is 0 Å². The van der Waals surface area contributed by atoms with Crippen molar-refractivity contribution in [2.24, 2.45) is 0 Å². The lowest BCUT2D eigenvalue weighted by Gasteiger charge is -2.18. The van der Waals surface area contributed by atoms with Gasteiger partial charge < -0.3 is 5.11 Å². The number of aliphatic hydroxyl groups excluding tert-OH is 1. The van der Waals surface area contributed by atoms with Crippen LogP contribution in [0.3, 0.4) is 0 Å². The average molecular weight is 304 g/mol. The Bertz CT molecular complexity index is 522. The molecule has 0 unspecified atom stereocenters. The first-order valence-corrected chi connectivity index (χ1v) is 7.93. The molecule has 6 heteroatoms. The second-order valence-electron chi connectivity index (χ2n) is 3.99. The van der Waals surface area contributed by atoms with Gasteiger partial charge in [-0.1, -0.05) is 36.7 Å². The van der Waals surface area contributed by atoms with E-state index in [1.54, 1.807) is 24.3 Å². The molecule has 0 saturated heterocycles. The molecule has 0 spiro atoms. The van der Waals surface area contributed by atoms with Crippen LogP contribution in [0.1, 0.15) is 18.9 Å². The predicted octanol–water partition coefficient (Wildman–Crippen LogP) is 2.34. The third kappa shape index (κ3) is 4.95. The molecule has 1 aromatic rings. The van der Waals surface area contributed by atoms with Crippen LogP contribution in [0, 0.1) is 0 Å². The van der Waals surface area contributed by atoms with E-state index in [4.69, 9.17) is 16.7 Å². The molecular formula is C13H18ClNO3S. The largest absolute Gasteiger partial charge is 0.395 e. The number of aliphatic hydroxyl groups is 1. The number of halogens is 1. The monoisotopic (exact) mass is 303 g/mol. The average Bonchev–Trinajstić information content (AvgIpc) is 2.37. The Balaban J connectivity index is 2.91. The SMILES string of the molecule is CCCN(CCO)S(=O)(=O)/C=C/c1ccccc1Cl. The van der Waals surface area contributed by atoms with Crippen LogP contribution in [-0.4, -0.2) is 37.5 Å². The Labute approximate surface area is 119 Å². The highest BCUT2D eigenvalue weighted by Gasteiger charge is 2.17. The zero-order valence-electron chi connectivity index (χ0n) is 10.8.